The van der Waals surface area contributed by atoms with E-state index in [4.69, 9.17) is 0 Å². The summed E-state index contributed by atoms with van der Waals surface area (Å²) in [5.74, 6) is 0.442. The van der Waals surface area contributed by atoms with Gasteiger partial charge in [0.1, 0.15) is 0 Å². The van der Waals surface area contributed by atoms with Crippen LogP contribution in [0.4, 0.5) is 0 Å². The molecule has 0 aliphatic rings. The highest BCUT2D eigenvalue weighted by atomic mass is 32.2. The maximum absolute atomic E-state index is 11.9. The molecule has 7 nitrogen and oxygen atoms in total. The van der Waals surface area contributed by atoms with Gasteiger partial charge in [-0.2, -0.15) is 0 Å². The van der Waals surface area contributed by atoms with E-state index in [0.29, 0.717) is 17.5 Å². The molecule has 0 bridgehead atoms. The van der Waals surface area contributed by atoms with Gasteiger partial charge in [-0.15, -0.1) is 5.10 Å². The Morgan fingerprint density at radius 3 is 2.89 bits per heavy atom. The van der Waals surface area contributed by atoms with Crippen LogP contribution in [0.5, 0.6) is 0 Å². The van der Waals surface area contributed by atoms with E-state index in [1.165, 1.54) is 11.8 Å². The Labute approximate surface area is 118 Å². The van der Waals surface area contributed by atoms with Crippen molar-refractivity contribution in [3.8, 4) is 0 Å². The number of hydrogen-bond acceptors (Lipinski definition) is 6. The van der Waals surface area contributed by atoms with Crippen LogP contribution in [-0.2, 0) is 11.3 Å². The van der Waals surface area contributed by atoms with Crippen LogP contribution in [0, 0.1) is 0 Å². The highest BCUT2D eigenvalue weighted by Crippen LogP contribution is 2.14. The van der Waals surface area contributed by atoms with Crippen molar-refractivity contribution in [3.63, 3.8) is 0 Å². The molecule has 8 heteroatoms. The highest BCUT2D eigenvalue weighted by Gasteiger charge is 2.14. The summed E-state index contributed by atoms with van der Waals surface area (Å²) in [6.45, 7) is 8.47. The Hall–Kier alpha value is -1.15. The molecule has 1 heterocycles. The Kier molecular flexibility index (Phi) is 6.79. The van der Waals surface area contributed by atoms with Gasteiger partial charge in [0.2, 0.25) is 11.1 Å². The van der Waals surface area contributed by atoms with Crippen molar-refractivity contribution in [2.45, 2.75) is 38.5 Å². The minimum atomic E-state index is 0.0845. The van der Waals surface area contributed by atoms with Crippen molar-refractivity contribution in [3.05, 3.63) is 0 Å². The summed E-state index contributed by atoms with van der Waals surface area (Å²) < 4.78 is 1.72. The number of nitrogens with zero attached hydrogens (tertiary/aromatic N) is 5. The van der Waals surface area contributed by atoms with Gasteiger partial charge in [0.15, 0.2) is 0 Å². The minimum Gasteiger partial charge on any atom is -0.343 e. The number of tetrazole rings is 1. The van der Waals surface area contributed by atoms with Crippen molar-refractivity contribution in [2.24, 2.45) is 0 Å². The molecule has 0 radical (unpaired) electrons. The van der Waals surface area contributed by atoms with E-state index in [9.17, 15) is 4.79 Å². The smallest absolute Gasteiger partial charge is 0.233 e. The van der Waals surface area contributed by atoms with Crippen molar-refractivity contribution >= 4 is 17.7 Å². The summed E-state index contributed by atoms with van der Waals surface area (Å²) in [4.78, 5) is 13.6. The molecule has 19 heavy (non-hydrogen) atoms. The maximum atomic E-state index is 11.9. The SMILES string of the molecule is CCNCCn1nnnc1SCC(=O)N(C)C(C)C. The molecule has 0 saturated heterocycles. The molecule has 0 fully saturated rings. The normalized spacial score (nSPS) is 11.0. The second-order valence-electron chi connectivity index (χ2n) is 4.43. The number of likely N-dealkylation sites (N-methyl/N-ethyl adjacent to an activating group) is 1. The molecule has 0 saturated carbocycles. The van der Waals surface area contributed by atoms with Crippen molar-refractivity contribution < 1.29 is 4.79 Å². The molecule has 0 atom stereocenters. The molecule has 0 aromatic carbocycles. The number of nitrogens with one attached hydrogen (secondary N) is 1. The lowest BCUT2D eigenvalue weighted by Gasteiger charge is -2.20. The summed E-state index contributed by atoms with van der Waals surface area (Å²) in [6, 6.07) is 0.206. The Balaban J connectivity index is 2.45. The van der Waals surface area contributed by atoms with Crippen molar-refractivity contribution in [1.82, 2.24) is 30.4 Å². The zero-order valence-electron chi connectivity index (χ0n) is 12.0. The third-order valence-electron chi connectivity index (χ3n) is 2.74. The fourth-order valence-corrected chi connectivity index (χ4v) is 2.15. The molecule has 0 spiro atoms. The standard InChI is InChI=1S/C11H22N6OS/c1-5-12-6-7-17-11(13-14-15-17)19-8-10(18)16(4)9(2)3/h9,12H,5-8H2,1-4H3. The maximum Gasteiger partial charge on any atom is 0.233 e. The van der Waals surface area contributed by atoms with Crippen LogP contribution in [0.25, 0.3) is 0 Å². The molecule has 1 aromatic rings. The summed E-state index contributed by atoms with van der Waals surface area (Å²) >= 11 is 1.37. The summed E-state index contributed by atoms with van der Waals surface area (Å²) in [7, 11) is 1.81. The monoisotopic (exact) mass is 286 g/mol. The van der Waals surface area contributed by atoms with Gasteiger partial charge >= 0.3 is 0 Å². The van der Waals surface area contributed by atoms with Crippen LogP contribution in [-0.4, -0.2) is 62.9 Å². The van der Waals surface area contributed by atoms with Gasteiger partial charge in [0, 0.05) is 19.6 Å². The van der Waals surface area contributed by atoms with E-state index in [-0.39, 0.29) is 11.9 Å². The van der Waals surface area contributed by atoms with Gasteiger partial charge in [-0.25, -0.2) is 4.68 Å². The first-order valence-electron chi connectivity index (χ1n) is 6.41. The van der Waals surface area contributed by atoms with Gasteiger partial charge in [-0.3, -0.25) is 4.79 Å². The van der Waals surface area contributed by atoms with Gasteiger partial charge in [0.05, 0.1) is 12.3 Å². The fraction of sp³-hybridized carbons (Fsp3) is 0.818. The Morgan fingerprint density at radius 2 is 2.26 bits per heavy atom. The predicted molar refractivity (Wildman–Crippen MR) is 75.0 cm³/mol. The molecule has 108 valence electrons. The van der Waals surface area contributed by atoms with Crippen molar-refractivity contribution in [1.29, 1.82) is 0 Å². The summed E-state index contributed by atoms with van der Waals surface area (Å²) in [5.41, 5.74) is 0. The van der Waals surface area contributed by atoms with E-state index in [1.54, 1.807) is 9.58 Å². The van der Waals surface area contributed by atoms with Gasteiger partial charge < -0.3 is 10.2 Å². The second kappa shape index (κ2) is 8.11. The zero-order valence-corrected chi connectivity index (χ0v) is 12.8. The molecule has 1 rings (SSSR count). The molecular formula is C11H22N6OS. The Morgan fingerprint density at radius 1 is 1.53 bits per heavy atom. The number of thioether (sulfide) groups is 1. The van der Waals surface area contributed by atoms with Gasteiger partial charge in [-0.05, 0) is 30.8 Å². The predicted octanol–water partition coefficient (Wildman–Crippen LogP) is 0.242. The summed E-state index contributed by atoms with van der Waals surface area (Å²) in [5, 5.41) is 15.4. The molecule has 1 N–H and O–H groups in total. The van der Waals surface area contributed by atoms with Gasteiger partial charge in [0.25, 0.3) is 0 Å². The van der Waals surface area contributed by atoms with Crippen LogP contribution in [0.15, 0.2) is 5.16 Å². The van der Waals surface area contributed by atoms with Crippen LogP contribution in [0.1, 0.15) is 20.8 Å². The fourth-order valence-electron chi connectivity index (χ4n) is 1.32. The van der Waals surface area contributed by atoms with Crippen molar-refractivity contribution in [2.75, 3.05) is 25.9 Å². The highest BCUT2D eigenvalue weighted by molar-refractivity contribution is 7.99. The first-order valence-corrected chi connectivity index (χ1v) is 7.40. The molecule has 1 amide bonds. The van der Waals surface area contributed by atoms with E-state index in [0.717, 1.165) is 13.1 Å². The van der Waals surface area contributed by atoms with E-state index in [1.807, 2.05) is 20.9 Å². The number of rotatable bonds is 8. The first kappa shape index (κ1) is 15.9. The number of carbonyl (C=O) groups excluding carboxylic acids is 1. The zero-order chi connectivity index (χ0) is 14.3. The molecular weight excluding hydrogens is 264 g/mol. The molecule has 0 aliphatic carbocycles. The number of hydrogen-bond donors (Lipinski definition) is 1. The average molecular weight is 286 g/mol. The number of carbonyl (C=O) groups is 1. The third-order valence-corrected chi connectivity index (χ3v) is 3.68. The van der Waals surface area contributed by atoms with E-state index < -0.39 is 0 Å². The molecule has 1 aromatic heterocycles. The van der Waals surface area contributed by atoms with Crippen LogP contribution >= 0.6 is 11.8 Å². The number of amides is 1. The van der Waals surface area contributed by atoms with E-state index >= 15 is 0 Å². The Bertz CT molecular complexity index is 394. The lowest BCUT2D eigenvalue weighted by molar-refractivity contribution is -0.128. The minimum absolute atomic E-state index is 0.0845. The van der Waals surface area contributed by atoms with Crippen LogP contribution in [0.3, 0.4) is 0 Å². The second-order valence-corrected chi connectivity index (χ2v) is 5.37. The molecule has 0 aliphatic heterocycles. The molecule has 0 unspecified atom stereocenters. The lowest BCUT2D eigenvalue weighted by Crippen LogP contribution is -2.34. The topological polar surface area (TPSA) is 75.9 Å². The van der Waals surface area contributed by atoms with Crippen LogP contribution in [0.2, 0.25) is 0 Å². The quantitative estimate of drug-likeness (QED) is 0.545. The van der Waals surface area contributed by atoms with Crippen LogP contribution < -0.4 is 5.32 Å². The lowest BCUT2D eigenvalue weighted by atomic mass is 10.3. The van der Waals surface area contributed by atoms with Gasteiger partial charge in [-0.1, -0.05) is 18.7 Å². The largest absolute Gasteiger partial charge is 0.343 e. The average Bonchev–Trinajstić information content (AvgIpc) is 2.82. The first-order chi connectivity index (χ1) is 9.06. The third kappa shape index (κ3) is 5.15. The number of aromatic nitrogens is 4. The van der Waals surface area contributed by atoms with E-state index in [2.05, 4.69) is 27.8 Å². The summed E-state index contributed by atoms with van der Waals surface area (Å²) in [6.07, 6.45) is 0.